The minimum Gasteiger partial charge on any atom is -0.480 e. The monoisotopic (exact) mass is 378 g/mol. The standard InChI is InChI=1S/C8H15IN2O3S2/c1-16-3-2-5(10)7(12)11(9)6(4-15)8(13)14/h5-6,15H,2-4,10H2,1H3,(H,13,14)/t5-,6-/m0/s1. The fourth-order valence-corrected chi connectivity index (χ4v) is 2.84. The Balaban J connectivity index is 4.40. The summed E-state index contributed by atoms with van der Waals surface area (Å²) in [5.74, 6) is -0.596. The summed E-state index contributed by atoms with van der Waals surface area (Å²) in [5.41, 5.74) is 5.67. The van der Waals surface area contributed by atoms with Gasteiger partial charge in [0.25, 0.3) is 0 Å². The largest absolute Gasteiger partial charge is 0.480 e. The summed E-state index contributed by atoms with van der Waals surface area (Å²) in [7, 11) is 0. The van der Waals surface area contributed by atoms with E-state index in [-0.39, 0.29) is 11.7 Å². The van der Waals surface area contributed by atoms with Gasteiger partial charge in [-0.25, -0.2) is 4.79 Å². The fourth-order valence-electron chi connectivity index (χ4n) is 0.927. The first-order valence-electron chi connectivity index (χ1n) is 4.52. The fraction of sp³-hybridized carbons (Fsp3) is 0.750. The van der Waals surface area contributed by atoms with Gasteiger partial charge in [-0.15, -0.1) is 0 Å². The molecule has 0 aliphatic carbocycles. The van der Waals surface area contributed by atoms with E-state index in [1.807, 2.05) is 6.26 Å². The Bertz CT molecular complexity index is 255. The summed E-state index contributed by atoms with van der Waals surface area (Å²) in [5, 5.41) is 8.86. The van der Waals surface area contributed by atoms with Crippen molar-refractivity contribution in [2.24, 2.45) is 5.73 Å². The maximum atomic E-state index is 11.7. The molecule has 2 atom stereocenters. The molecule has 0 unspecified atom stereocenters. The summed E-state index contributed by atoms with van der Waals surface area (Å²) < 4.78 is 1.12. The van der Waals surface area contributed by atoms with Crippen molar-refractivity contribution in [3.63, 3.8) is 0 Å². The number of carboxylic acids is 1. The van der Waals surface area contributed by atoms with Crippen molar-refractivity contribution >= 4 is 59.1 Å². The summed E-state index contributed by atoms with van der Waals surface area (Å²) in [6.07, 6.45) is 2.46. The summed E-state index contributed by atoms with van der Waals surface area (Å²) in [4.78, 5) is 22.6. The topological polar surface area (TPSA) is 83.6 Å². The van der Waals surface area contributed by atoms with Crippen LogP contribution in [0.1, 0.15) is 6.42 Å². The normalized spacial score (nSPS) is 14.2. The van der Waals surface area contributed by atoms with Crippen molar-refractivity contribution in [2.75, 3.05) is 17.8 Å². The molecule has 0 aliphatic heterocycles. The third kappa shape index (κ3) is 5.11. The Kier molecular flexibility index (Phi) is 8.60. The molecule has 0 aromatic carbocycles. The third-order valence-electron chi connectivity index (χ3n) is 1.89. The van der Waals surface area contributed by atoms with E-state index in [4.69, 9.17) is 10.8 Å². The zero-order valence-electron chi connectivity index (χ0n) is 8.80. The molecule has 0 fully saturated rings. The molecule has 0 aliphatic rings. The molecular weight excluding hydrogens is 363 g/mol. The number of thioether (sulfide) groups is 1. The third-order valence-corrected chi connectivity index (χ3v) is 4.03. The van der Waals surface area contributed by atoms with Crippen LogP contribution in [0.4, 0.5) is 0 Å². The Hall–Kier alpha value is 0.330. The number of aliphatic carboxylic acids is 1. The van der Waals surface area contributed by atoms with E-state index < -0.39 is 18.1 Å². The summed E-state index contributed by atoms with van der Waals surface area (Å²) >= 11 is 7.18. The molecule has 0 saturated heterocycles. The molecule has 94 valence electrons. The first kappa shape index (κ1) is 16.3. The van der Waals surface area contributed by atoms with Crippen LogP contribution in [0.2, 0.25) is 0 Å². The van der Waals surface area contributed by atoms with Gasteiger partial charge in [0.1, 0.15) is 6.04 Å². The van der Waals surface area contributed by atoms with Crippen LogP contribution in [0, 0.1) is 0 Å². The van der Waals surface area contributed by atoms with Crippen LogP contribution in [0.15, 0.2) is 0 Å². The van der Waals surface area contributed by atoms with E-state index in [1.54, 1.807) is 34.6 Å². The van der Waals surface area contributed by atoms with Gasteiger partial charge < -0.3 is 10.8 Å². The van der Waals surface area contributed by atoms with E-state index in [9.17, 15) is 9.59 Å². The molecule has 0 aromatic heterocycles. The van der Waals surface area contributed by atoms with Crippen LogP contribution >= 0.6 is 47.3 Å². The Labute approximate surface area is 118 Å². The van der Waals surface area contributed by atoms with Gasteiger partial charge in [-0.1, -0.05) is 0 Å². The van der Waals surface area contributed by atoms with Crippen molar-refractivity contribution in [3.05, 3.63) is 0 Å². The van der Waals surface area contributed by atoms with Crippen molar-refractivity contribution in [2.45, 2.75) is 18.5 Å². The number of carboxylic acid groups (broad SMARTS) is 1. The molecule has 3 N–H and O–H groups in total. The zero-order chi connectivity index (χ0) is 12.7. The molecule has 0 spiro atoms. The predicted octanol–water partition coefficient (Wildman–Crippen LogP) is 0.628. The number of carbonyl (C=O) groups excluding carboxylic acids is 1. The second-order valence-electron chi connectivity index (χ2n) is 3.07. The van der Waals surface area contributed by atoms with Crippen LogP contribution in [0.3, 0.4) is 0 Å². The Morgan fingerprint density at radius 2 is 2.19 bits per heavy atom. The number of carbonyl (C=O) groups is 2. The smallest absolute Gasteiger partial charge is 0.328 e. The van der Waals surface area contributed by atoms with Crippen LogP contribution < -0.4 is 5.73 Å². The van der Waals surface area contributed by atoms with Gasteiger partial charge in [0.05, 0.1) is 28.9 Å². The highest BCUT2D eigenvalue weighted by atomic mass is 127. The van der Waals surface area contributed by atoms with Gasteiger partial charge in [0.15, 0.2) is 0 Å². The summed E-state index contributed by atoms with van der Waals surface area (Å²) in [6, 6.07) is -1.58. The van der Waals surface area contributed by atoms with Gasteiger partial charge in [-0.2, -0.15) is 24.4 Å². The molecule has 1 amide bonds. The average Bonchev–Trinajstić information content (AvgIpc) is 2.24. The number of nitrogens with zero attached hydrogens (tertiary/aromatic N) is 1. The van der Waals surface area contributed by atoms with Gasteiger partial charge in [0.2, 0.25) is 5.91 Å². The van der Waals surface area contributed by atoms with Gasteiger partial charge in [0, 0.05) is 5.75 Å². The molecule has 0 radical (unpaired) electrons. The minimum absolute atomic E-state index is 0.0687. The number of hydrogen-bond donors (Lipinski definition) is 3. The summed E-state index contributed by atoms with van der Waals surface area (Å²) in [6.45, 7) is 0. The van der Waals surface area contributed by atoms with Crippen LogP contribution in [-0.2, 0) is 9.59 Å². The molecule has 0 rings (SSSR count). The van der Waals surface area contributed by atoms with Gasteiger partial charge >= 0.3 is 5.97 Å². The molecule has 5 nitrogen and oxygen atoms in total. The zero-order valence-corrected chi connectivity index (χ0v) is 12.7. The minimum atomic E-state index is -1.07. The van der Waals surface area contributed by atoms with Crippen molar-refractivity contribution < 1.29 is 14.7 Å². The molecule has 0 saturated carbocycles. The Morgan fingerprint density at radius 3 is 2.56 bits per heavy atom. The van der Waals surface area contributed by atoms with Gasteiger partial charge in [-0.3, -0.25) is 7.91 Å². The lowest BCUT2D eigenvalue weighted by atomic mass is 10.2. The Morgan fingerprint density at radius 1 is 1.62 bits per heavy atom. The highest BCUT2D eigenvalue weighted by Gasteiger charge is 2.29. The van der Waals surface area contributed by atoms with Gasteiger partial charge in [-0.05, 0) is 18.4 Å². The molecule has 16 heavy (non-hydrogen) atoms. The lowest BCUT2D eigenvalue weighted by molar-refractivity contribution is -0.144. The highest BCUT2D eigenvalue weighted by molar-refractivity contribution is 14.1. The quantitative estimate of drug-likeness (QED) is 0.344. The number of halogens is 1. The SMILES string of the molecule is CSCC[C@H](N)C(=O)N(I)[C@@H](CS)C(=O)O. The van der Waals surface area contributed by atoms with E-state index in [2.05, 4.69) is 12.6 Å². The van der Waals surface area contributed by atoms with Crippen molar-refractivity contribution in [1.29, 1.82) is 0 Å². The van der Waals surface area contributed by atoms with Crippen LogP contribution in [0.25, 0.3) is 0 Å². The van der Waals surface area contributed by atoms with Crippen molar-refractivity contribution in [1.82, 2.24) is 3.11 Å². The van der Waals surface area contributed by atoms with E-state index in [0.29, 0.717) is 6.42 Å². The van der Waals surface area contributed by atoms with Crippen molar-refractivity contribution in [3.8, 4) is 0 Å². The lowest BCUT2D eigenvalue weighted by Crippen LogP contribution is -2.47. The lowest BCUT2D eigenvalue weighted by Gasteiger charge is -2.23. The van der Waals surface area contributed by atoms with E-state index in [0.717, 1.165) is 8.87 Å². The highest BCUT2D eigenvalue weighted by Crippen LogP contribution is 2.13. The van der Waals surface area contributed by atoms with Crippen LogP contribution in [-0.4, -0.2) is 49.9 Å². The predicted molar refractivity (Wildman–Crippen MR) is 77.1 cm³/mol. The number of nitrogens with two attached hydrogens (primary N) is 1. The molecular formula is C8H15IN2O3S2. The molecule has 0 bridgehead atoms. The number of hydrogen-bond acceptors (Lipinski definition) is 5. The first-order chi connectivity index (χ1) is 7.45. The molecule has 8 heteroatoms. The van der Waals surface area contributed by atoms with E-state index >= 15 is 0 Å². The maximum absolute atomic E-state index is 11.7. The second kappa shape index (κ2) is 8.43. The molecule has 0 heterocycles. The van der Waals surface area contributed by atoms with Crippen LogP contribution in [0.5, 0.6) is 0 Å². The first-order valence-corrected chi connectivity index (χ1v) is 7.51. The molecule has 0 aromatic rings. The second-order valence-corrected chi connectivity index (χ2v) is 5.46. The van der Waals surface area contributed by atoms with E-state index in [1.165, 1.54) is 0 Å². The number of amides is 1. The number of rotatable bonds is 7. The average molecular weight is 378 g/mol. The maximum Gasteiger partial charge on any atom is 0.328 e. The number of thiol groups is 1.